The van der Waals surface area contributed by atoms with Crippen LogP contribution in [0.4, 0.5) is 0 Å². The van der Waals surface area contributed by atoms with E-state index in [9.17, 15) is 4.79 Å². The topological polar surface area (TPSA) is 59.0 Å². The number of nitrogens with one attached hydrogen (secondary N) is 1. The maximum absolute atomic E-state index is 10.9. The summed E-state index contributed by atoms with van der Waals surface area (Å²) in [5, 5.41) is 0. The van der Waals surface area contributed by atoms with Crippen molar-refractivity contribution < 1.29 is 9.36 Å². The Morgan fingerprint density at radius 1 is 1.67 bits per heavy atom. The molecule has 0 saturated carbocycles. The summed E-state index contributed by atoms with van der Waals surface area (Å²) in [6, 6.07) is 3.48. The highest BCUT2D eigenvalue weighted by atomic mass is 127. The minimum Gasteiger partial charge on any atom is -0.290 e. The van der Waals surface area contributed by atoms with Crippen molar-refractivity contribution in [1.29, 1.82) is 0 Å². The molecule has 1 heterocycles. The highest BCUT2D eigenvalue weighted by molar-refractivity contribution is 14.0. The predicted octanol–water partition coefficient (Wildman–Crippen LogP) is -0.267. The largest absolute Gasteiger partial charge is 0.290 e. The third-order valence-electron chi connectivity index (χ3n) is 1.33. The van der Waals surface area contributed by atoms with Crippen molar-refractivity contribution in [3.8, 4) is 0 Å². The van der Waals surface area contributed by atoms with Crippen LogP contribution in [0, 0.1) is 0 Å². The van der Waals surface area contributed by atoms with Crippen molar-refractivity contribution in [3.63, 3.8) is 0 Å². The number of rotatable bonds is 1. The number of aromatic nitrogens is 1. The molecule has 3 N–H and O–H groups in total. The van der Waals surface area contributed by atoms with E-state index >= 15 is 0 Å². The lowest BCUT2D eigenvalue weighted by Gasteiger charge is -1.95. The van der Waals surface area contributed by atoms with Gasteiger partial charge in [-0.15, -0.1) is 24.0 Å². The first kappa shape index (κ1) is 11.3. The molecule has 0 aliphatic carbocycles. The van der Waals surface area contributed by atoms with Crippen LogP contribution in [0.3, 0.4) is 0 Å². The molecule has 0 bridgehead atoms. The van der Waals surface area contributed by atoms with Gasteiger partial charge >= 0.3 is 0 Å². The van der Waals surface area contributed by atoms with Crippen LogP contribution in [0.2, 0.25) is 0 Å². The molecule has 66 valence electrons. The number of pyridine rings is 1. The SMILES string of the molecule is C[n+]1cccc(C(=O)NN)c1.I. The van der Waals surface area contributed by atoms with E-state index in [0.29, 0.717) is 5.56 Å². The third-order valence-corrected chi connectivity index (χ3v) is 1.33. The number of nitrogens with zero attached hydrogens (tertiary/aromatic N) is 1. The number of carbonyl (C=O) groups excluding carboxylic acids is 1. The lowest BCUT2D eigenvalue weighted by atomic mass is 10.3. The molecule has 1 rings (SSSR count). The zero-order valence-corrected chi connectivity index (χ0v) is 8.98. The number of nitrogen functional groups attached to an aromatic ring is 1. The zero-order chi connectivity index (χ0) is 8.27. The fraction of sp³-hybridized carbons (Fsp3) is 0.143. The van der Waals surface area contributed by atoms with Crippen molar-refractivity contribution in [2.24, 2.45) is 12.9 Å². The van der Waals surface area contributed by atoms with Gasteiger partial charge in [-0.1, -0.05) is 0 Å². The molecule has 0 aliphatic heterocycles. The number of amides is 1. The van der Waals surface area contributed by atoms with Crippen LogP contribution >= 0.6 is 24.0 Å². The molecule has 0 atom stereocenters. The number of hydrogen-bond acceptors (Lipinski definition) is 2. The standard InChI is InChI=1S/C7H9N3O.HI/c1-10-4-2-3-6(5-10)7(11)9-8;/h2-5H,8H2,1H3;1H/p+1. The summed E-state index contributed by atoms with van der Waals surface area (Å²) >= 11 is 0. The lowest BCUT2D eigenvalue weighted by Crippen LogP contribution is -2.34. The molecule has 0 unspecified atom stereocenters. The Hall–Kier alpha value is -0.690. The average Bonchev–Trinajstić information content (AvgIpc) is 2.03. The van der Waals surface area contributed by atoms with E-state index in [4.69, 9.17) is 5.84 Å². The number of carbonyl (C=O) groups is 1. The summed E-state index contributed by atoms with van der Waals surface area (Å²) in [7, 11) is 1.84. The minimum absolute atomic E-state index is 0. The van der Waals surface area contributed by atoms with Gasteiger partial charge in [-0.2, -0.15) is 0 Å². The Morgan fingerprint density at radius 2 is 2.33 bits per heavy atom. The van der Waals surface area contributed by atoms with E-state index in [1.807, 2.05) is 13.2 Å². The van der Waals surface area contributed by atoms with Crippen LogP contribution in [0.15, 0.2) is 24.5 Å². The van der Waals surface area contributed by atoms with Gasteiger partial charge in [0.1, 0.15) is 12.6 Å². The second kappa shape index (κ2) is 5.04. The monoisotopic (exact) mass is 280 g/mol. The van der Waals surface area contributed by atoms with Crippen LogP contribution in [-0.2, 0) is 7.05 Å². The molecule has 0 saturated heterocycles. The summed E-state index contributed by atoms with van der Waals surface area (Å²) in [6.07, 6.45) is 3.54. The summed E-state index contributed by atoms with van der Waals surface area (Å²) in [6.45, 7) is 0. The first-order valence-electron chi connectivity index (χ1n) is 3.20. The van der Waals surface area contributed by atoms with Crippen molar-refractivity contribution in [2.45, 2.75) is 0 Å². The maximum Gasteiger partial charge on any atom is 0.271 e. The van der Waals surface area contributed by atoms with Crippen molar-refractivity contribution >= 4 is 29.9 Å². The molecule has 12 heavy (non-hydrogen) atoms. The third kappa shape index (κ3) is 2.74. The normalized spacial score (nSPS) is 8.50. The van der Waals surface area contributed by atoms with Gasteiger partial charge in [0.15, 0.2) is 12.4 Å². The Morgan fingerprint density at radius 3 is 2.83 bits per heavy atom. The van der Waals surface area contributed by atoms with E-state index in [0.717, 1.165) is 0 Å². The second-order valence-corrected chi connectivity index (χ2v) is 2.23. The Labute approximate surface area is 87.8 Å². The van der Waals surface area contributed by atoms with E-state index in [2.05, 4.69) is 5.43 Å². The number of halogens is 1. The zero-order valence-electron chi connectivity index (χ0n) is 6.65. The van der Waals surface area contributed by atoms with Gasteiger partial charge in [0, 0.05) is 6.07 Å². The van der Waals surface area contributed by atoms with Gasteiger partial charge in [0.2, 0.25) is 0 Å². The molecule has 5 heteroatoms. The Bertz CT molecular complexity index is 277. The first-order valence-corrected chi connectivity index (χ1v) is 3.20. The van der Waals surface area contributed by atoms with Gasteiger partial charge in [-0.3, -0.25) is 10.2 Å². The van der Waals surface area contributed by atoms with Crippen LogP contribution in [0.1, 0.15) is 10.4 Å². The van der Waals surface area contributed by atoms with Crippen molar-refractivity contribution in [3.05, 3.63) is 30.1 Å². The van der Waals surface area contributed by atoms with Crippen LogP contribution in [0.5, 0.6) is 0 Å². The van der Waals surface area contributed by atoms with Gasteiger partial charge in [0.05, 0.1) is 0 Å². The molecule has 1 aromatic rings. The van der Waals surface area contributed by atoms with E-state index in [1.165, 1.54) is 0 Å². The van der Waals surface area contributed by atoms with Gasteiger partial charge in [0.25, 0.3) is 5.91 Å². The highest BCUT2D eigenvalue weighted by Crippen LogP contribution is 1.91. The minimum atomic E-state index is -0.277. The van der Waals surface area contributed by atoms with Gasteiger partial charge in [-0.25, -0.2) is 10.4 Å². The van der Waals surface area contributed by atoms with Crippen LogP contribution in [-0.4, -0.2) is 5.91 Å². The Kier molecular flexibility index (Phi) is 4.75. The summed E-state index contributed by atoms with van der Waals surface area (Å²) in [5.41, 5.74) is 2.61. The summed E-state index contributed by atoms with van der Waals surface area (Å²) in [5.74, 6) is 4.67. The summed E-state index contributed by atoms with van der Waals surface area (Å²) in [4.78, 5) is 10.9. The quantitative estimate of drug-likeness (QED) is 0.245. The van der Waals surface area contributed by atoms with Gasteiger partial charge < -0.3 is 0 Å². The van der Waals surface area contributed by atoms with E-state index < -0.39 is 0 Å². The number of hydrazine groups is 1. The summed E-state index contributed by atoms with van der Waals surface area (Å²) < 4.78 is 1.78. The van der Waals surface area contributed by atoms with Crippen molar-refractivity contribution in [1.82, 2.24) is 5.43 Å². The molecule has 4 nitrogen and oxygen atoms in total. The van der Waals surface area contributed by atoms with Crippen LogP contribution < -0.4 is 15.8 Å². The molecule has 0 aromatic carbocycles. The smallest absolute Gasteiger partial charge is 0.271 e. The molecule has 1 amide bonds. The predicted molar refractivity (Wildman–Crippen MR) is 54.7 cm³/mol. The molecule has 1 aromatic heterocycles. The molecular weight excluding hydrogens is 269 g/mol. The fourth-order valence-electron chi connectivity index (χ4n) is 0.806. The number of hydrogen-bond donors (Lipinski definition) is 2. The number of nitrogens with two attached hydrogens (primary N) is 1. The number of aryl methyl sites for hydroxylation is 1. The molecule has 0 fully saturated rings. The lowest BCUT2D eigenvalue weighted by molar-refractivity contribution is -0.671. The highest BCUT2D eigenvalue weighted by Gasteiger charge is 2.05. The van der Waals surface area contributed by atoms with Crippen molar-refractivity contribution in [2.75, 3.05) is 0 Å². The Balaban J connectivity index is 0.00000121. The molecule has 0 radical (unpaired) electrons. The second-order valence-electron chi connectivity index (χ2n) is 2.23. The average molecular weight is 280 g/mol. The van der Waals surface area contributed by atoms with Crippen LogP contribution in [0.25, 0.3) is 0 Å². The maximum atomic E-state index is 10.9. The van der Waals surface area contributed by atoms with Gasteiger partial charge in [-0.05, 0) is 6.07 Å². The van der Waals surface area contributed by atoms with E-state index in [1.54, 1.807) is 22.9 Å². The molecule has 0 spiro atoms. The fourth-order valence-corrected chi connectivity index (χ4v) is 0.806. The molecular formula is C7H11IN3O+. The van der Waals surface area contributed by atoms with E-state index in [-0.39, 0.29) is 29.9 Å². The first-order chi connectivity index (χ1) is 5.24. The molecule has 0 aliphatic rings.